The number of hydrogen-bond donors (Lipinski definition) is 0. The van der Waals surface area contributed by atoms with Gasteiger partial charge in [-0.15, -0.1) is 0 Å². The first-order valence-electron chi connectivity index (χ1n) is 5.09. The van der Waals surface area contributed by atoms with Crippen molar-refractivity contribution in [3.63, 3.8) is 0 Å². The first-order chi connectivity index (χ1) is 7.77. The molecule has 0 spiro atoms. The van der Waals surface area contributed by atoms with Gasteiger partial charge in [-0.3, -0.25) is 4.79 Å². The maximum Gasteiger partial charge on any atom is 0.173 e. The lowest BCUT2D eigenvalue weighted by atomic mass is 9.97. The van der Waals surface area contributed by atoms with E-state index < -0.39 is 0 Å². The molecule has 0 aromatic heterocycles. The molecule has 0 N–H and O–H groups in total. The molecule has 0 bridgehead atoms. The van der Waals surface area contributed by atoms with E-state index in [-0.39, 0.29) is 11.7 Å². The highest BCUT2D eigenvalue weighted by molar-refractivity contribution is 6.30. The van der Waals surface area contributed by atoms with Gasteiger partial charge in [-0.05, 0) is 24.3 Å². The van der Waals surface area contributed by atoms with Crippen molar-refractivity contribution >= 4 is 17.4 Å². The van der Waals surface area contributed by atoms with Crippen molar-refractivity contribution in [2.24, 2.45) is 5.92 Å². The van der Waals surface area contributed by atoms with E-state index >= 15 is 0 Å². The molecule has 0 saturated carbocycles. The maximum atomic E-state index is 12.1. The molecule has 0 atom stereocenters. The van der Waals surface area contributed by atoms with Gasteiger partial charge in [-0.1, -0.05) is 48.1 Å². The Morgan fingerprint density at radius 3 is 2.06 bits per heavy atom. The molecule has 1 aliphatic carbocycles. The minimum atomic E-state index is -0.184. The zero-order chi connectivity index (χ0) is 11.4. The Balaban J connectivity index is 2.22. The molecule has 2 heteroatoms. The molecule has 1 aromatic rings. The van der Waals surface area contributed by atoms with Gasteiger partial charge in [0.2, 0.25) is 0 Å². The standard InChI is InChI=1S/C14H11ClO/c15-13-9-7-12(8-10-13)14(16)11-5-3-1-2-4-6-11/h1-11H. The lowest BCUT2D eigenvalue weighted by molar-refractivity contribution is 0.0965. The Bertz CT molecular complexity index is 450. The van der Waals surface area contributed by atoms with Crippen LogP contribution in [0.25, 0.3) is 0 Å². The number of carbonyl (C=O) groups is 1. The van der Waals surface area contributed by atoms with E-state index in [0.717, 1.165) is 0 Å². The third-order valence-electron chi connectivity index (χ3n) is 2.40. The molecule has 1 nitrogen and oxygen atoms in total. The van der Waals surface area contributed by atoms with Crippen LogP contribution < -0.4 is 0 Å². The first-order valence-corrected chi connectivity index (χ1v) is 5.46. The van der Waals surface area contributed by atoms with Crippen LogP contribution in [-0.4, -0.2) is 5.78 Å². The summed E-state index contributed by atoms with van der Waals surface area (Å²) in [6.45, 7) is 0. The molecular weight excluding hydrogens is 220 g/mol. The molecule has 16 heavy (non-hydrogen) atoms. The Hall–Kier alpha value is -1.60. The zero-order valence-corrected chi connectivity index (χ0v) is 9.39. The van der Waals surface area contributed by atoms with Gasteiger partial charge in [0.15, 0.2) is 5.78 Å². The van der Waals surface area contributed by atoms with Gasteiger partial charge in [0.25, 0.3) is 0 Å². The predicted octanol–water partition coefficient (Wildman–Crippen LogP) is 3.82. The van der Waals surface area contributed by atoms with Crippen LogP contribution in [0.1, 0.15) is 10.4 Å². The molecule has 0 radical (unpaired) electrons. The summed E-state index contributed by atoms with van der Waals surface area (Å²) in [7, 11) is 0. The quantitative estimate of drug-likeness (QED) is 0.706. The van der Waals surface area contributed by atoms with E-state index in [1.165, 1.54) is 0 Å². The SMILES string of the molecule is O=C(c1ccc(Cl)cc1)C1C=CC=CC=C1. The topological polar surface area (TPSA) is 17.1 Å². The van der Waals surface area contributed by atoms with E-state index in [4.69, 9.17) is 11.6 Å². The second kappa shape index (κ2) is 4.95. The van der Waals surface area contributed by atoms with E-state index in [2.05, 4.69) is 0 Å². The van der Waals surface area contributed by atoms with Gasteiger partial charge in [0, 0.05) is 10.6 Å². The lowest BCUT2D eigenvalue weighted by Gasteiger charge is -2.06. The van der Waals surface area contributed by atoms with Crippen LogP contribution in [0.4, 0.5) is 0 Å². The number of rotatable bonds is 2. The molecule has 0 amide bonds. The highest BCUT2D eigenvalue weighted by atomic mass is 35.5. The van der Waals surface area contributed by atoms with Gasteiger partial charge in [0.05, 0.1) is 5.92 Å². The summed E-state index contributed by atoms with van der Waals surface area (Å²) < 4.78 is 0. The highest BCUT2D eigenvalue weighted by Crippen LogP contribution is 2.16. The Kier molecular flexibility index (Phi) is 3.37. The van der Waals surface area contributed by atoms with E-state index in [9.17, 15) is 4.79 Å². The third kappa shape index (κ3) is 2.50. The molecule has 80 valence electrons. The molecule has 1 aromatic carbocycles. The number of Topliss-reactive ketones (excluding diaryl/α,β-unsaturated/α-hetero) is 1. The summed E-state index contributed by atoms with van der Waals surface area (Å²) >= 11 is 5.78. The summed E-state index contributed by atoms with van der Waals surface area (Å²) in [4.78, 5) is 12.1. The van der Waals surface area contributed by atoms with Crippen LogP contribution in [0, 0.1) is 5.92 Å². The minimum Gasteiger partial charge on any atom is -0.293 e. The average molecular weight is 231 g/mol. The number of ketones is 1. The number of benzene rings is 1. The number of halogens is 1. The molecule has 0 heterocycles. The van der Waals surface area contributed by atoms with Gasteiger partial charge in [-0.2, -0.15) is 0 Å². The fourth-order valence-corrected chi connectivity index (χ4v) is 1.67. The van der Waals surface area contributed by atoms with Crippen LogP contribution in [0.2, 0.25) is 5.02 Å². The fraction of sp³-hybridized carbons (Fsp3) is 0.0714. The summed E-state index contributed by atoms with van der Waals surface area (Å²) in [6, 6.07) is 6.98. The molecule has 0 unspecified atom stereocenters. The Labute approximate surface area is 99.7 Å². The van der Waals surface area contributed by atoms with Crippen molar-refractivity contribution in [1.29, 1.82) is 0 Å². The smallest absolute Gasteiger partial charge is 0.173 e. The van der Waals surface area contributed by atoms with E-state index in [0.29, 0.717) is 10.6 Å². The third-order valence-corrected chi connectivity index (χ3v) is 2.65. The largest absolute Gasteiger partial charge is 0.293 e. The zero-order valence-electron chi connectivity index (χ0n) is 8.64. The number of allylic oxidation sites excluding steroid dienone is 6. The Morgan fingerprint density at radius 2 is 1.50 bits per heavy atom. The van der Waals surface area contributed by atoms with Crippen molar-refractivity contribution in [2.45, 2.75) is 0 Å². The van der Waals surface area contributed by atoms with Gasteiger partial charge < -0.3 is 0 Å². The monoisotopic (exact) mass is 230 g/mol. The van der Waals surface area contributed by atoms with Crippen molar-refractivity contribution in [2.75, 3.05) is 0 Å². The van der Waals surface area contributed by atoms with Crippen molar-refractivity contribution in [3.05, 3.63) is 71.3 Å². The maximum absolute atomic E-state index is 12.1. The van der Waals surface area contributed by atoms with Crippen LogP contribution in [-0.2, 0) is 0 Å². The molecule has 2 rings (SSSR count). The molecule has 0 fully saturated rings. The molecule has 1 aliphatic rings. The van der Waals surface area contributed by atoms with Crippen LogP contribution in [0.3, 0.4) is 0 Å². The number of hydrogen-bond acceptors (Lipinski definition) is 1. The summed E-state index contributed by atoms with van der Waals surface area (Å²) in [5, 5.41) is 0.644. The van der Waals surface area contributed by atoms with Crippen LogP contribution in [0.15, 0.2) is 60.7 Å². The van der Waals surface area contributed by atoms with E-state index in [1.807, 2.05) is 36.5 Å². The molecule has 0 saturated heterocycles. The summed E-state index contributed by atoms with van der Waals surface area (Å²) in [5.41, 5.74) is 0.686. The van der Waals surface area contributed by atoms with Gasteiger partial charge >= 0.3 is 0 Å². The lowest BCUT2D eigenvalue weighted by Crippen LogP contribution is -2.09. The first kappa shape index (κ1) is 10.9. The second-order valence-electron chi connectivity index (χ2n) is 3.55. The van der Waals surface area contributed by atoms with Gasteiger partial charge in [0.1, 0.15) is 0 Å². The fourth-order valence-electron chi connectivity index (χ4n) is 1.54. The van der Waals surface area contributed by atoms with Crippen molar-refractivity contribution in [1.82, 2.24) is 0 Å². The van der Waals surface area contributed by atoms with Crippen LogP contribution in [0.5, 0.6) is 0 Å². The van der Waals surface area contributed by atoms with Crippen LogP contribution >= 0.6 is 11.6 Å². The highest BCUT2D eigenvalue weighted by Gasteiger charge is 2.14. The van der Waals surface area contributed by atoms with Gasteiger partial charge in [-0.25, -0.2) is 0 Å². The van der Waals surface area contributed by atoms with Crippen molar-refractivity contribution < 1.29 is 4.79 Å². The average Bonchev–Trinajstić information content (AvgIpc) is 2.57. The van der Waals surface area contributed by atoms with Crippen molar-refractivity contribution in [3.8, 4) is 0 Å². The Morgan fingerprint density at radius 1 is 0.938 bits per heavy atom. The normalized spacial score (nSPS) is 15.1. The summed E-state index contributed by atoms with van der Waals surface area (Å²) in [5.74, 6) is -0.0935. The predicted molar refractivity (Wildman–Crippen MR) is 66.7 cm³/mol. The van der Waals surface area contributed by atoms with E-state index in [1.54, 1.807) is 24.3 Å². The number of carbonyl (C=O) groups excluding carboxylic acids is 1. The minimum absolute atomic E-state index is 0.0906. The molecular formula is C14H11ClO. The summed E-state index contributed by atoms with van der Waals surface area (Å²) in [6.07, 6.45) is 11.4. The second-order valence-corrected chi connectivity index (χ2v) is 3.99. The molecule has 0 aliphatic heterocycles.